The van der Waals surface area contributed by atoms with E-state index in [0.29, 0.717) is 23.5 Å². The number of hydrogen-bond donors (Lipinski definition) is 5. The van der Waals surface area contributed by atoms with E-state index in [-0.39, 0.29) is 24.4 Å². The second kappa shape index (κ2) is 12.9. The molecule has 2 heterocycles. The molecule has 3 aromatic rings. The van der Waals surface area contributed by atoms with E-state index in [4.69, 9.17) is 0 Å². The van der Waals surface area contributed by atoms with Crippen LogP contribution in [0.15, 0.2) is 60.3 Å². The summed E-state index contributed by atoms with van der Waals surface area (Å²) in [5.74, 6) is -1.54. The van der Waals surface area contributed by atoms with Crippen molar-refractivity contribution in [3.05, 3.63) is 82.3 Å². The number of amides is 2. The van der Waals surface area contributed by atoms with Gasteiger partial charge in [-0.1, -0.05) is 53.8 Å². The highest BCUT2D eigenvalue weighted by atomic mass is 32.1. The number of phenols is 1. The van der Waals surface area contributed by atoms with Crippen LogP contribution in [0.5, 0.6) is 5.75 Å². The van der Waals surface area contributed by atoms with Gasteiger partial charge in [0.15, 0.2) is 11.6 Å². The van der Waals surface area contributed by atoms with Gasteiger partial charge in [0.2, 0.25) is 16.9 Å². The number of unbranched alkanes of at least 4 members (excludes halogenated alkanes) is 1. The molecule has 4 rings (SSSR count). The number of phenolic OH excluding ortho intramolecular Hbond substituents is 1. The number of nitrogens with one attached hydrogen (secondary N) is 4. The van der Waals surface area contributed by atoms with E-state index in [2.05, 4.69) is 37.8 Å². The van der Waals surface area contributed by atoms with Crippen molar-refractivity contribution < 1.29 is 19.1 Å². The zero-order chi connectivity index (χ0) is 26.0. The topological polar surface area (TPSA) is 128 Å². The van der Waals surface area contributed by atoms with Crippen LogP contribution < -0.4 is 21.5 Å². The van der Waals surface area contributed by atoms with Crippen molar-refractivity contribution in [3.63, 3.8) is 0 Å². The third kappa shape index (κ3) is 8.36. The van der Waals surface area contributed by atoms with Crippen LogP contribution >= 0.6 is 11.3 Å². The van der Waals surface area contributed by atoms with Gasteiger partial charge in [-0.15, -0.1) is 10.2 Å². The van der Waals surface area contributed by atoms with Gasteiger partial charge in [0.1, 0.15) is 5.01 Å². The van der Waals surface area contributed by atoms with E-state index in [1.54, 1.807) is 0 Å². The molecule has 194 valence electrons. The Morgan fingerprint density at radius 3 is 2.57 bits per heavy atom. The molecule has 0 saturated heterocycles. The summed E-state index contributed by atoms with van der Waals surface area (Å²) in [6.45, 7) is 0. The molecular formula is C26H29FN6O3S. The maximum atomic E-state index is 13.1. The summed E-state index contributed by atoms with van der Waals surface area (Å²) in [6, 6.07) is 13.5. The van der Waals surface area contributed by atoms with Crippen LogP contribution in [-0.4, -0.2) is 33.3 Å². The number of carbonyl (C=O) groups excluding carboxylic acids is 2. The Balaban J connectivity index is 1.12. The number of rotatable bonds is 11. The summed E-state index contributed by atoms with van der Waals surface area (Å²) in [7, 11) is 0. The van der Waals surface area contributed by atoms with Crippen molar-refractivity contribution in [2.24, 2.45) is 0 Å². The van der Waals surface area contributed by atoms with Crippen LogP contribution in [0.25, 0.3) is 0 Å². The fourth-order valence-corrected chi connectivity index (χ4v) is 4.65. The van der Waals surface area contributed by atoms with Gasteiger partial charge in [0.05, 0.1) is 19.0 Å². The Hall–Kier alpha value is -3.83. The second-order valence-corrected chi connectivity index (χ2v) is 9.80. The zero-order valence-electron chi connectivity index (χ0n) is 20.2. The van der Waals surface area contributed by atoms with E-state index in [1.807, 2.05) is 30.3 Å². The molecular weight excluding hydrogens is 495 g/mol. The van der Waals surface area contributed by atoms with Gasteiger partial charge in [-0.3, -0.25) is 9.59 Å². The van der Waals surface area contributed by atoms with Crippen LogP contribution in [0.4, 0.5) is 9.52 Å². The van der Waals surface area contributed by atoms with Crippen LogP contribution in [0.2, 0.25) is 0 Å². The first-order valence-electron chi connectivity index (χ1n) is 12.1. The lowest BCUT2D eigenvalue weighted by Crippen LogP contribution is -2.53. The monoisotopic (exact) mass is 524 g/mol. The average molecular weight is 525 g/mol. The summed E-state index contributed by atoms with van der Waals surface area (Å²) >= 11 is 1.32. The molecule has 11 heteroatoms. The first-order chi connectivity index (χ1) is 17.9. The molecule has 0 spiro atoms. The van der Waals surface area contributed by atoms with Gasteiger partial charge >= 0.3 is 0 Å². The fraction of sp³-hybridized carbons (Fsp3) is 0.308. The van der Waals surface area contributed by atoms with Crippen LogP contribution in [-0.2, 0) is 28.9 Å². The normalized spacial score (nSPS) is 14.9. The summed E-state index contributed by atoms with van der Waals surface area (Å²) in [5.41, 5.74) is 8.90. The highest BCUT2D eigenvalue weighted by Gasteiger charge is 2.16. The molecule has 1 aromatic heterocycles. The van der Waals surface area contributed by atoms with Gasteiger partial charge in [-0.2, -0.15) is 0 Å². The molecule has 1 aliphatic heterocycles. The molecule has 37 heavy (non-hydrogen) atoms. The molecule has 9 nitrogen and oxygen atoms in total. The molecule has 2 aromatic carbocycles. The van der Waals surface area contributed by atoms with Gasteiger partial charge in [-0.05, 0) is 42.5 Å². The van der Waals surface area contributed by atoms with Gasteiger partial charge < -0.3 is 21.2 Å². The van der Waals surface area contributed by atoms with E-state index in [1.165, 1.54) is 23.5 Å². The lowest BCUT2D eigenvalue weighted by Gasteiger charge is -2.26. The molecule has 5 N–H and O–H groups in total. The predicted octanol–water partition coefficient (Wildman–Crippen LogP) is 3.34. The number of anilines is 1. The molecule has 1 aliphatic rings. The van der Waals surface area contributed by atoms with Crippen LogP contribution in [0.1, 0.15) is 41.8 Å². The maximum absolute atomic E-state index is 13.1. The Kier molecular flexibility index (Phi) is 9.17. The number of halogens is 1. The van der Waals surface area contributed by atoms with Crippen molar-refractivity contribution in [2.75, 3.05) is 5.32 Å². The highest BCUT2D eigenvalue weighted by Crippen LogP contribution is 2.20. The first kappa shape index (κ1) is 26.2. The Morgan fingerprint density at radius 2 is 1.81 bits per heavy atom. The van der Waals surface area contributed by atoms with Crippen molar-refractivity contribution in [1.82, 2.24) is 26.4 Å². The number of aromatic hydroxyl groups is 1. The van der Waals surface area contributed by atoms with Crippen molar-refractivity contribution in [3.8, 4) is 5.75 Å². The summed E-state index contributed by atoms with van der Waals surface area (Å²) in [4.78, 5) is 24.4. The van der Waals surface area contributed by atoms with Crippen LogP contribution in [0.3, 0.4) is 0 Å². The fourth-order valence-electron chi connectivity index (χ4n) is 3.85. The minimum atomic E-state index is -0.725. The van der Waals surface area contributed by atoms with Gasteiger partial charge in [-0.25, -0.2) is 9.82 Å². The molecule has 0 bridgehead atoms. The number of aromatic nitrogens is 2. The number of nitrogens with zero attached hydrogens (tertiary/aromatic N) is 2. The zero-order valence-corrected chi connectivity index (χ0v) is 21.0. The first-order valence-corrected chi connectivity index (χ1v) is 12.9. The van der Waals surface area contributed by atoms with Crippen molar-refractivity contribution in [2.45, 2.75) is 51.1 Å². The number of hydrazine groups is 1. The average Bonchev–Trinajstić information content (AvgIpc) is 3.32. The Labute approximate surface area is 218 Å². The molecule has 0 fully saturated rings. The molecule has 0 aliphatic carbocycles. The van der Waals surface area contributed by atoms with Gasteiger partial charge in [0.25, 0.3) is 0 Å². The number of aryl methyl sites for hydroxylation is 1. The minimum absolute atomic E-state index is 0.00351. The van der Waals surface area contributed by atoms with Crippen molar-refractivity contribution >= 4 is 28.3 Å². The highest BCUT2D eigenvalue weighted by molar-refractivity contribution is 7.15. The second-order valence-electron chi connectivity index (χ2n) is 8.74. The third-order valence-electron chi connectivity index (χ3n) is 5.72. The van der Waals surface area contributed by atoms with E-state index < -0.39 is 11.6 Å². The largest absolute Gasteiger partial charge is 0.505 e. The predicted molar refractivity (Wildman–Crippen MR) is 139 cm³/mol. The number of benzene rings is 2. The third-order valence-corrected chi connectivity index (χ3v) is 6.62. The molecule has 1 atom stereocenters. The number of hydrogen-bond acceptors (Lipinski definition) is 8. The molecule has 1 unspecified atom stereocenters. The molecule has 0 saturated carbocycles. The lowest BCUT2D eigenvalue weighted by atomic mass is 10.1. The maximum Gasteiger partial charge on any atom is 0.230 e. The van der Waals surface area contributed by atoms with Crippen molar-refractivity contribution in [1.29, 1.82) is 0 Å². The van der Waals surface area contributed by atoms with Gasteiger partial charge in [0, 0.05) is 18.5 Å². The summed E-state index contributed by atoms with van der Waals surface area (Å²) in [5, 5.41) is 24.5. The Morgan fingerprint density at radius 1 is 1.03 bits per heavy atom. The quantitative estimate of drug-likeness (QED) is 0.243. The van der Waals surface area contributed by atoms with Crippen LogP contribution in [0, 0.1) is 5.82 Å². The SMILES string of the molecule is O=C(Cc1ccc(F)c(O)c1)Nc1nnc(CCCCC2=CCC(NC(=O)Cc3ccccc3)NN2)s1. The number of allylic oxidation sites excluding steroid dienone is 1. The Bertz CT molecular complexity index is 1250. The summed E-state index contributed by atoms with van der Waals surface area (Å²) < 4.78 is 13.1. The van der Waals surface area contributed by atoms with E-state index >= 15 is 0 Å². The summed E-state index contributed by atoms with van der Waals surface area (Å²) in [6.07, 6.45) is 6.48. The molecule has 0 radical (unpaired) electrons. The minimum Gasteiger partial charge on any atom is -0.505 e. The molecule has 2 amide bonds. The number of carbonyl (C=O) groups is 2. The van der Waals surface area contributed by atoms with E-state index in [0.717, 1.165) is 48.0 Å². The van der Waals surface area contributed by atoms with E-state index in [9.17, 15) is 19.1 Å². The lowest BCUT2D eigenvalue weighted by molar-refractivity contribution is -0.121. The smallest absolute Gasteiger partial charge is 0.230 e. The standard InChI is InChI=1S/C26H29FN6O3S/c27-20-12-10-18(14-21(20)34)16-24(36)29-26-33-32-25(37-26)9-5-4-8-19-11-13-22(31-30-19)28-23(35)15-17-6-2-1-3-7-17/h1-3,6-7,10-12,14,22,30-31,34H,4-5,8-9,13,15-16H2,(H,28,35)(H,29,33,36).